The zero-order valence-electron chi connectivity index (χ0n) is 15.8. The Labute approximate surface area is 155 Å². The van der Waals surface area contributed by atoms with Gasteiger partial charge in [-0.2, -0.15) is 0 Å². The number of carbonyl (C=O) groups is 1. The normalized spacial score (nSPS) is 14.3. The molecule has 0 saturated carbocycles. The van der Waals surface area contributed by atoms with Gasteiger partial charge in [-0.25, -0.2) is 4.79 Å². The van der Waals surface area contributed by atoms with Gasteiger partial charge < -0.3 is 19.9 Å². The fourth-order valence-corrected chi connectivity index (χ4v) is 3.12. The van der Waals surface area contributed by atoms with Crippen LogP contribution in [-0.2, 0) is 6.54 Å². The van der Waals surface area contributed by atoms with Crippen molar-refractivity contribution in [3.63, 3.8) is 0 Å². The largest absolute Gasteiger partial charge is 0.497 e. The monoisotopic (exact) mass is 353 g/mol. The Hall–Kier alpha value is -2.69. The number of aryl methyl sites for hydroxylation is 2. The molecule has 0 atom stereocenters. The summed E-state index contributed by atoms with van der Waals surface area (Å²) < 4.78 is 5.15. The van der Waals surface area contributed by atoms with Gasteiger partial charge in [0, 0.05) is 38.4 Å². The molecule has 1 saturated heterocycles. The van der Waals surface area contributed by atoms with Gasteiger partial charge in [0.25, 0.3) is 0 Å². The zero-order chi connectivity index (χ0) is 18.5. The third-order valence-corrected chi connectivity index (χ3v) is 5.03. The number of carbonyl (C=O) groups excluding carboxylic acids is 1. The van der Waals surface area contributed by atoms with Crippen molar-refractivity contribution in [1.29, 1.82) is 0 Å². The lowest BCUT2D eigenvalue weighted by Gasteiger charge is -2.36. The van der Waals surface area contributed by atoms with Crippen LogP contribution in [0.25, 0.3) is 0 Å². The number of anilines is 1. The Balaban J connectivity index is 1.49. The fraction of sp³-hybridized carbons (Fsp3) is 0.381. The van der Waals surface area contributed by atoms with Crippen LogP contribution in [-0.4, -0.2) is 44.2 Å². The maximum atomic E-state index is 12.4. The highest BCUT2D eigenvalue weighted by Gasteiger charge is 2.21. The number of amides is 2. The molecule has 1 N–H and O–H groups in total. The fourth-order valence-electron chi connectivity index (χ4n) is 3.12. The van der Waals surface area contributed by atoms with Crippen LogP contribution in [0, 0.1) is 13.8 Å². The van der Waals surface area contributed by atoms with Crippen LogP contribution in [0.5, 0.6) is 5.75 Å². The quantitative estimate of drug-likeness (QED) is 0.917. The van der Waals surface area contributed by atoms with Crippen LogP contribution < -0.4 is 15.0 Å². The molecule has 0 unspecified atom stereocenters. The van der Waals surface area contributed by atoms with E-state index >= 15 is 0 Å². The molecule has 1 fully saturated rings. The summed E-state index contributed by atoms with van der Waals surface area (Å²) in [5.41, 5.74) is 4.92. The standard InChI is InChI=1S/C21H27N3O2/c1-16-4-7-19(14-17(16)2)23-10-12-24(13-11-23)21(25)22-15-18-5-8-20(26-3)9-6-18/h4-9,14H,10-13,15H2,1-3H3,(H,22,25). The molecule has 0 radical (unpaired) electrons. The van der Waals surface area contributed by atoms with Crippen molar-refractivity contribution < 1.29 is 9.53 Å². The summed E-state index contributed by atoms with van der Waals surface area (Å²) in [5.74, 6) is 0.822. The number of methoxy groups -OCH3 is 1. The van der Waals surface area contributed by atoms with Crippen LogP contribution in [0.15, 0.2) is 42.5 Å². The van der Waals surface area contributed by atoms with E-state index in [1.807, 2.05) is 29.2 Å². The third-order valence-electron chi connectivity index (χ3n) is 5.03. The van der Waals surface area contributed by atoms with E-state index in [0.717, 1.165) is 37.5 Å². The number of nitrogens with zero attached hydrogens (tertiary/aromatic N) is 2. The van der Waals surface area contributed by atoms with E-state index in [2.05, 4.69) is 42.3 Å². The van der Waals surface area contributed by atoms with Gasteiger partial charge in [0.2, 0.25) is 0 Å². The Morgan fingerprint density at radius 2 is 1.69 bits per heavy atom. The number of benzene rings is 2. The molecule has 26 heavy (non-hydrogen) atoms. The molecule has 5 heteroatoms. The molecule has 0 aliphatic carbocycles. The summed E-state index contributed by atoms with van der Waals surface area (Å²) in [7, 11) is 1.65. The van der Waals surface area contributed by atoms with Crippen LogP contribution in [0.3, 0.4) is 0 Å². The second-order valence-electron chi connectivity index (χ2n) is 6.75. The molecule has 2 amide bonds. The predicted octanol–water partition coefficient (Wildman–Crippen LogP) is 3.34. The van der Waals surface area contributed by atoms with E-state index < -0.39 is 0 Å². The molecule has 2 aromatic carbocycles. The van der Waals surface area contributed by atoms with Crippen LogP contribution >= 0.6 is 0 Å². The van der Waals surface area contributed by atoms with Crippen molar-refractivity contribution in [1.82, 2.24) is 10.2 Å². The molecule has 1 aliphatic heterocycles. The Bertz CT molecular complexity index is 750. The molecule has 0 aromatic heterocycles. The van der Waals surface area contributed by atoms with Crippen LogP contribution in [0.1, 0.15) is 16.7 Å². The number of urea groups is 1. The van der Waals surface area contributed by atoms with Crippen molar-refractivity contribution in [2.45, 2.75) is 20.4 Å². The average Bonchev–Trinajstić information content (AvgIpc) is 2.69. The lowest BCUT2D eigenvalue weighted by Crippen LogP contribution is -2.51. The maximum absolute atomic E-state index is 12.4. The Kier molecular flexibility index (Phi) is 5.66. The lowest BCUT2D eigenvalue weighted by molar-refractivity contribution is 0.194. The first-order chi connectivity index (χ1) is 12.6. The minimum atomic E-state index is 0.000514. The molecule has 1 aliphatic rings. The van der Waals surface area contributed by atoms with Gasteiger partial charge in [-0.05, 0) is 54.8 Å². The second-order valence-corrected chi connectivity index (χ2v) is 6.75. The van der Waals surface area contributed by atoms with Gasteiger partial charge in [-0.15, -0.1) is 0 Å². The second kappa shape index (κ2) is 8.13. The molecule has 5 nitrogen and oxygen atoms in total. The number of rotatable bonds is 4. The summed E-state index contributed by atoms with van der Waals surface area (Å²) >= 11 is 0. The van der Waals surface area contributed by atoms with Crippen molar-refractivity contribution in [3.8, 4) is 5.75 Å². The summed E-state index contributed by atoms with van der Waals surface area (Å²) in [6.07, 6.45) is 0. The molecule has 0 spiro atoms. The molecule has 1 heterocycles. The van der Waals surface area contributed by atoms with Crippen molar-refractivity contribution >= 4 is 11.7 Å². The minimum Gasteiger partial charge on any atom is -0.497 e. The first kappa shape index (κ1) is 18.1. The number of ether oxygens (including phenoxy) is 1. The van der Waals surface area contributed by atoms with Gasteiger partial charge in [0.15, 0.2) is 0 Å². The molecule has 0 bridgehead atoms. The number of nitrogens with one attached hydrogen (secondary N) is 1. The van der Waals surface area contributed by atoms with Gasteiger partial charge in [-0.3, -0.25) is 0 Å². The lowest BCUT2D eigenvalue weighted by atomic mass is 10.1. The highest BCUT2D eigenvalue weighted by atomic mass is 16.5. The van der Waals surface area contributed by atoms with E-state index in [-0.39, 0.29) is 6.03 Å². The van der Waals surface area contributed by atoms with Gasteiger partial charge in [-0.1, -0.05) is 18.2 Å². The molecule has 138 valence electrons. The van der Waals surface area contributed by atoms with Gasteiger partial charge in [0.1, 0.15) is 5.75 Å². The summed E-state index contributed by atoms with van der Waals surface area (Å²) in [4.78, 5) is 16.6. The highest BCUT2D eigenvalue weighted by Crippen LogP contribution is 2.20. The van der Waals surface area contributed by atoms with E-state index in [0.29, 0.717) is 6.54 Å². The van der Waals surface area contributed by atoms with Crippen LogP contribution in [0.4, 0.5) is 10.5 Å². The van der Waals surface area contributed by atoms with E-state index in [1.54, 1.807) is 7.11 Å². The number of hydrogen-bond donors (Lipinski definition) is 1. The van der Waals surface area contributed by atoms with Crippen molar-refractivity contribution in [2.75, 3.05) is 38.2 Å². The summed E-state index contributed by atoms with van der Waals surface area (Å²) in [5, 5.41) is 3.00. The first-order valence-electron chi connectivity index (χ1n) is 9.05. The Morgan fingerprint density at radius 3 is 2.31 bits per heavy atom. The van der Waals surface area contributed by atoms with Crippen molar-refractivity contribution in [2.24, 2.45) is 0 Å². The minimum absolute atomic E-state index is 0.000514. The Morgan fingerprint density at radius 1 is 1.00 bits per heavy atom. The zero-order valence-corrected chi connectivity index (χ0v) is 15.8. The van der Waals surface area contributed by atoms with E-state index in [4.69, 9.17) is 4.74 Å². The maximum Gasteiger partial charge on any atom is 0.317 e. The van der Waals surface area contributed by atoms with Gasteiger partial charge in [0.05, 0.1) is 7.11 Å². The number of piperazine rings is 1. The molecular formula is C21H27N3O2. The predicted molar refractivity (Wildman–Crippen MR) is 105 cm³/mol. The molecule has 2 aromatic rings. The average molecular weight is 353 g/mol. The molecular weight excluding hydrogens is 326 g/mol. The number of hydrogen-bond acceptors (Lipinski definition) is 3. The first-order valence-corrected chi connectivity index (χ1v) is 9.05. The summed E-state index contributed by atoms with van der Waals surface area (Å²) in [6.45, 7) is 7.99. The van der Waals surface area contributed by atoms with E-state index in [1.165, 1.54) is 16.8 Å². The van der Waals surface area contributed by atoms with Crippen molar-refractivity contribution in [3.05, 3.63) is 59.2 Å². The summed E-state index contributed by atoms with van der Waals surface area (Å²) in [6, 6.07) is 14.3. The van der Waals surface area contributed by atoms with E-state index in [9.17, 15) is 4.79 Å². The topological polar surface area (TPSA) is 44.8 Å². The SMILES string of the molecule is COc1ccc(CNC(=O)N2CCN(c3ccc(C)c(C)c3)CC2)cc1. The molecule has 3 rings (SSSR count). The third kappa shape index (κ3) is 4.28. The highest BCUT2D eigenvalue weighted by molar-refractivity contribution is 5.74. The van der Waals surface area contributed by atoms with Gasteiger partial charge >= 0.3 is 6.03 Å². The smallest absolute Gasteiger partial charge is 0.317 e. The van der Waals surface area contributed by atoms with Crippen LogP contribution in [0.2, 0.25) is 0 Å².